The Hall–Kier alpha value is -0.630. The topological polar surface area (TPSA) is 17.1 Å². The average Bonchev–Trinajstić information content (AvgIpc) is 2.49. The summed E-state index contributed by atoms with van der Waals surface area (Å²) < 4.78 is 0. The molecule has 0 fully saturated rings. The van der Waals surface area contributed by atoms with Crippen LogP contribution in [-0.2, 0) is 0 Å². The smallest absolute Gasteiger partial charge is 0.151 e. The molecule has 0 aliphatic rings. The zero-order valence-electron chi connectivity index (χ0n) is 8.46. The van der Waals surface area contributed by atoms with Crippen LogP contribution in [0.25, 0.3) is 0 Å². The van der Waals surface area contributed by atoms with Crippen molar-refractivity contribution >= 4 is 17.6 Å². The summed E-state index contributed by atoms with van der Waals surface area (Å²) in [5, 5.41) is 0. The van der Waals surface area contributed by atoms with Gasteiger partial charge in [0.2, 0.25) is 0 Å². The second-order valence-electron chi connectivity index (χ2n) is 3.29. The fourth-order valence-electron chi connectivity index (χ4n) is 1.53. The molecule has 0 spiro atoms. The standard InChI is InChI=1S/C11H16OS/c1-4-9(5-2)11-6-10(7-12)8(3)13-11/h6-7,9H,4-5H2,1-3H3. The van der Waals surface area contributed by atoms with Gasteiger partial charge in [-0.05, 0) is 31.7 Å². The molecule has 0 radical (unpaired) electrons. The van der Waals surface area contributed by atoms with Gasteiger partial charge in [0.05, 0.1) is 0 Å². The van der Waals surface area contributed by atoms with E-state index in [9.17, 15) is 4.79 Å². The first-order valence-corrected chi connectivity index (χ1v) is 5.60. The summed E-state index contributed by atoms with van der Waals surface area (Å²) in [4.78, 5) is 13.2. The normalized spacial score (nSPS) is 10.8. The van der Waals surface area contributed by atoms with Crippen LogP contribution in [0.3, 0.4) is 0 Å². The third-order valence-corrected chi connectivity index (χ3v) is 3.72. The van der Waals surface area contributed by atoms with E-state index in [0.29, 0.717) is 5.92 Å². The monoisotopic (exact) mass is 196 g/mol. The number of thiophene rings is 1. The summed E-state index contributed by atoms with van der Waals surface area (Å²) in [5.74, 6) is 0.636. The molecule has 1 aromatic rings. The molecule has 0 saturated heterocycles. The van der Waals surface area contributed by atoms with Crippen LogP contribution >= 0.6 is 11.3 Å². The van der Waals surface area contributed by atoms with Crippen LogP contribution in [0.15, 0.2) is 6.07 Å². The number of aldehydes is 1. The molecule has 72 valence electrons. The summed E-state index contributed by atoms with van der Waals surface area (Å²) in [6.45, 7) is 6.41. The lowest BCUT2D eigenvalue weighted by molar-refractivity contribution is 0.112. The SMILES string of the molecule is CCC(CC)c1cc(C=O)c(C)s1. The van der Waals surface area contributed by atoms with Gasteiger partial charge < -0.3 is 0 Å². The van der Waals surface area contributed by atoms with Crippen molar-refractivity contribution < 1.29 is 4.79 Å². The van der Waals surface area contributed by atoms with Crippen LogP contribution in [0.2, 0.25) is 0 Å². The Balaban J connectivity index is 2.94. The fourth-order valence-corrected chi connectivity index (χ4v) is 2.79. The Kier molecular flexibility index (Phi) is 3.67. The second-order valence-corrected chi connectivity index (χ2v) is 4.58. The number of hydrogen-bond acceptors (Lipinski definition) is 2. The Labute approximate surface area is 83.8 Å². The molecule has 0 amide bonds. The van der Waals surface area contributed by atoms with Crippen molar-refractivity contribution in [2.75, 3.05) is 0 Å². The molecule has 0 saturated carbocycles. The van der Waals surface area contributed by atoms with Crippen molar-refractivity contribution in [3.63, 3.8) is 0 Å². The Morgan fingerprint density at radius 3 is 2.46 bits per heavy atom. The fraction of sp³-hybridized carbons (Fsp3) is 0.545. The lowest BCUT2D eigenvalue weighted by atomic mass is 10.0. The van der Waals surface area contributed by atoms with E-state index in [4.69, 9.17) is 0 Å². The first kappa shape index (κ1) is 10.5. The molecule has 1 heterocycles. The molecule has 0 aliphatic carbocycles. The molecule has 1 nitrogen and oxygen atoms in total. The van der Waals surface area contributed by atoms with E-state index in [-0.39, 0.29) is 0 Å². The van der Waals surface area contributed by atoms with Gasteiger partial charge in [-0.2, -0.15) is 0 Å². The lowest BCUT2D eigenvalue weighted by Crippen LogP contribution is -1.90. The van der Waals surface area contributed by atoms with E-state index in [1.807, 2.05) is 13.0 Å². The van der Waals surface area contributed by atoms with Crippen LogP contribution < -0.4 is 0 Å². The average molecular weight is 196 g/mol. The first-order chi connectivity index (χ1) is 6.22. The summed E-state index contributed by atoms with van der Waals surface area (Å²) in [6.07, 6.45) is 3.28. The quantitative estimate of drug-likeness (QED) is 0.670. The minimum absolute atomic E-state index is 0.636. The van der Waals surface area contributed by atoms with Crippen LogP contribution in [-0.4, -0.2) is 6.29 Å². The maximum Gasteiger partial charge on any atom is 0.151 e. The number of hydrogen-bond donors (Lipinski definition) is 0. The van der Waals surface area contributed by atoms with E-state index in [1.165, 1.54) is 4.88 Å². The molecule has 0 N–H and O–H groups in total. The Bertz CT molecular complexity index is 284. The largest absolute Gasteiger partial charge is 0.298 e. The van der Waals surface area contributed by atoms with E-state index in [0.717, 1.165) is 29.6 Å². The first-order valence-electron chi connectivity index (χ1n) is 4.78. The van der Waals surface area contributed by atoms with Gasteiger partial charge in [-0.25, -0.2) is 0 Å². The zero-order chi connectivity index (χ0) is 9.84. The molecule has 0 unspecified atom stereocenters. The van der Waals surface area contributed by atoms with Crippen molar-refractivity contribution in [2.24, 2.45) is 0 Å². The highest BCUT2D eigenvalue weighted by Crippen LogP contribution is 2.31. The van der Waals surface area contributed by atoms with Crippen molar-refractivity contribution in [2.45, 2.75) is 39.5 Å². The van der Waals surface area contributed by atoms with Crippen LogP contribution in [0.1, 0.15) is 52.7 Å². The maximum absolute atomic E-state index is 10.6. The van der Waals surface area contributed by atoms with Gasteiger partial charge in [0.15, 0.2) is 6.29 Å². The molecule has 0 aliphatic heterocycles. The highest BCUT2D eigenvalue weighted by Gasteiger charge is 2.11. The van der Waals surface area contributed by atoms with Crippen molar-refractivity contribution in [1.82, 2.24) is 0 Å². The van der Waals surface area contributed by atoms with Crippen molar-refractivity contribution in [1.29, 1.82) is 0 Å². The molecule has 1 rings (SSSR count). The summed E-state index contributed by atoms with van der Waals surface area (Å²) in [7, 11) is 0. The second kappa shape index (κ2) is 4.56. The molecular weight excluding hydrogens is 180 g/mol. The predicted molar refractivity (Wildman–Crippen MR) is 57.8 cm³/mol. The zero-order valence-corrected chi connectivity index (χ0v) is 9.28. The van der Waals surface area contributed by atoms with Crippen LogP contribution in [0.4, 0.5) is 0 Å². The number of aryl methyl sites for hydroxylation is 1. The van der Waals surface area contributed by atoms with E-state index in [2.05, 4.69) is 13.8 Å². The van der Waals surface area contributed by atoms with Gasteiger partial charge >= 0.3 is 0 Å². The van der Waals surface area contributed by atoms with Gasteiger partial charge in [0.1, 0.15) is 0 Å². The van der Waals surface area contributed by atoms with Gasteiger partial charge in [0.25, 0.3) is 0 Å². The van der Waals surface area contributed by atoms with Gasteiger partial charge in [-0.1, -0.05) is 13.8 Å². The summed E-state index contributed by atoms with van der Waals surface area (Å²) >= 11 is 1.76. The third-order valence-electron chi connectivity index (χ3n) is 2.49. The number of rotatable bonds is 4. The molecule has 2 heteroatoms. The molecule has 13 heavy (non-hydrogen) atoms. The van der Waals surface area contributed by atoms with Crippen molar-refractivity contribution in [3.8, 4) is 0 Å². The highest BCUT2D eigenvalue weighted by molar-refractivity contribution is 7.12. The molecule has 0 aromatic carbocycles. The lowest BCUT2D eigenvalue weighted by Gasteiger charge is -2.08. The third kappa shape index (κ3) is 2.19. The van der Waals surface area contributed by atoms with E-state index >= 15 is 0 Å². The summed E-state index contributed by atoms with van der Waals surface area (Å²) in [5.41, 5.74) is 0.868. The van der Waals surface area contributed by atoms with Gasteiger partial charge in [-0.3, -0.25) is 4.79 Å². The van der Waals surface area contributed by atoms with E-state index in [1.54, 1.807) is 11.3 Å². The Morgan fingerprint density at radius 1 is 1.46 bits per heavy atom. The van der Waals surface area contributed by atoms with Gasteiger partial charge in [-0.15, -0.1) is 11.3 Å². The van der Waals surface area contributed by atoms with Crippen LogP contribution in [0, 0.1) is 6.92 Å². The number of carbonyl (C=O) groups is 1. The van der Waals surface area contributed by atoms with Crippen LogP contribution in [0.5, 0.6) is 0 Å². The highest BCUT2D eigenvalue weighted by atomic mass is 32.1. The minimum atomic E-state index is 0.636. The number of carbonyl (C=O) groups excluding carboxylic acids is 1. The molecule has 0 atom stereocenters. The molecule has 1 aromatic heterocycles. The minimum Gasteiger partial charge on any atom is -0.298 e. The predicted octanol–water partition coefficient (Wildman–Crippen LogP) is 3.77. The Morgan fingerprint density at radius 2 is 2.08 bits per heavy atom. The van der Waals surface area contributed by atoms with Crippen molar-refractivity contribution in [3.05, 3.63) is 21.4 Å². The summed E-state index contributed by atoms with van der Waals surface area (Å²) in [6, 6.07) is 2.05. The molecule has 0 bridgehead atoms. The van der Waals surface area contributed by atoms with Gasteiger partial charge in [0, 0.05) is 15.3 Å². The van der Waals surface area contributed by atoms with E-state index < -0.39 is 0 Å². The maximum atomic E-state index is 10.6. The molecular formula is C11H16OS.